The summed E-state index contributed by atoms with van der Waals surface area (Å²) in [4.78, 5) is 24.2. The Labute approximate surface area is 224 Å². The van der Waals surface area contributed by atoms with E-state index in [1.807, 2.05) is 0 Å². The van der Waals surface area contributed by atoms with E-state index in [1.54, 1.807) is 0 Å². The summed E-state index contributed by atoms with van der Waals surface area (Å²) in [5.74, 6) is 4.12. The highest BCUT2D eigenvalue weighted by Gasteiger charge is 2.62. The highest BCUT2D eigenvalue weighted by Crippen LogP contribution is 2.67. The van der Waals surface area contributed by atoms with E-state index >= 15 is 0 Å². The van der Waals surface area contributed by atoms with Crippen molar-refractivity contribution >= 4 is 12.3 Å². The van der Waals surface area contributed by atoms with E-state index in [0.29, 0.717) is 36.0 Å². The molecule has 3 saturated carbocycles. The Bertz CT molecular complexity index is 866. The Kier molecular flexibility index (Phi) is 8.55. The molecule has 0 N–H and O–H groups in total. The Morgan fingerprint density at radius 3 is 2.35 bits per heavy atom. The molecule has 0 radical (unpaired) electrons. The highest BCUT2D eigenvalue weighted by molar-refractivity contribution is 5.61. The van der Waals surface area contributed by atoms with Crippen molar-refractivity contribution < 1.29 is 28.5 Å². The summed E-state index contributed by atoms with van der Waals surface area (Å²) in [6.07, 6.45) is 11.6. The van der Waals surface area contributed by atoms with Crippen LogP contribution in [0.25, 0.3) is 0 Å². The first-order valence-electron chi connectivity index (χ1n) is 14.7. The summed E-state index contributed by atoms with van der Waals surface area (Å²) < 4.78 is 21.1. The quantitative estimate of drug-likeness (QED) is 0.252. The van der Waals surface area contributed by atoms with Crippen LogP contribution in [0.1, 0.15) is 98.8 Å². The minimum Gasteiger partial charge on any atom is -0.438 e. The monoisotopic (exact) mass is 518 g/mol. The number of carbonyl (C=O) groups is 2. The maximum Gasteiger partial charge on any atom is 0.508 e. The molecular formula is C31H50O6. The number of hydrogen-bond donors (Lipinski definition) is 0. The van der Waals surface area contributed by atoms with Crippen molar-refractivity contribution in [3.63, 3.8) is 0 Å². The summed E-state index contributed by atoms with van der Waals surface area (Å²) in [7, 11) is 2.67. The van der Waals surface area contributed by atoms with Crippen LogP contribution in [0.15, 0.2) is 11.6 Å². The molecule has 210 valence electrons. The van der Waals surface area contributed by atoms with E-state index in [9.17, 15) is 9.59 Å². The van der Waals surface area contributed by atoms with Crippen LogP contribution >= 0.6 is 0 Å². The molecule has 6 heteroatoms. The van der Waals surface area contributed by atoms with Crippen molar-refractivity contribution in [2.75, 3.05) is 14.2 Å². The SMILES string of the molecule is COC(=O)O[C@@H]1CC2=CC[C@H]3[C@@H]4CC[C@H]([C@H](C)CCCC(C)C)[C@@]4(C)CC[C@@H]3[C@@]2(C)[C@@H](OC(=O)OC)C1. The van der Waals surface area contributed by atoms with Gasteiger partial charge >= 0.3 is 12.3 Å². The van der Waals surface area contributed by atoms with Gasteiger partial charge in [0.05, 0.1) is 14.2 Å². The fourth-order valence-electron chi connectivity index (χ4n) is 9.29. The molecule has 4 rings (SSSR count). The van der Waals surface area contributed by atoms with Crippen molar-refractivity contribution in [2.24, 2.45) is 46.3 Å². The van der Waals surface area contributed by atoms with Crippen LogP contribution in [0, 0.1) is 46.3 Å². The van der Waals surface area contributed by atoms with Gasteiger partial charge in [-0.1, -0.05) is 65.5 Å². The molecule has 9 atom stereocenters. The van der Waals surface area contributed by atoms with Gasteiger partial charge in [-0.3, -0.25) is 0 Å². The van der Waals surface area contributed by atoms with Crippen LogP contribution in [-0.2, 0) is 18.9 Å². The molecule has 0 spiro atoms. The molecule has 6 nitrogen and oxygen atoms in total. The minimum atomic E-state index is -0.687. The largest absolute Gasteiger partial charge is 0.508 e. The van der Waals surface area contributed by atoms with E-state index in [2.05, 4.69) is 40.7 Å². The maximum absolute atomic E-state index is 12.3. The molecular weight excluding hydrogens is 468 g/mol. The molecule has 0 saturated heterocycles. The van der Waals surface area contributed by atoms with Crippen molar-refractivity contribution in [3.05, 3.63) is 11.6 Å². The maximum atomic E-state index is 12.3. The molecule has 0 heterocycles. The molecule has 0 aliphatic heterocycles. The Morgan fingerprint density at radius 1 is 0.973 bits per heavy atom. The first-order chi connectivity index (χ1) is 17.5. The Hall–Kier alpha value is -1.72. The number of methoxy groups -OCH3 is 2. The zero-order valence-electron chi connectivity index (χ0n) is 24.2. The van der Waals surface area contributed by atoms with E-state index in [1.165, 1.54) is 58.3 Å². The average Bonchev–Trinajstić information content (AvgIpc) is 3.21. The van der Waals surface area contributed by atoms with Gasteiger partial charge in [-0.05, 0) is 73.0 Å². The number of carbonyl (C=O) groups excluding carboxylic acids is 2. The van der Waals surface area contributed by atoms with Crippen LogP contribution in [0.4, 0.5) is 9.59 Å². The third-order valence-electron chi connectivity index (χ3n) is 11.2. The molecule has 0 amide bonds. The number of fused-ring (bicyclic) bond motifs is 5. The number of hydrogen-bond acceptors (Lipinski definition) is 6. The van der Waals surface area contributed by atoms with Crippen LogP contribution in [0.2, 0.25) is 0 Å². The van der Waals surface area contributed by atoms with Gasteiger partial charge in [0.15, 0.2) is 0 Å². The first-order valence-corrected chi connectivity index (χ1v) is 14.7. The molecule has 4 aliphatic rings. The zero-order valence-corrected chi connectivity index (χ0v) is 24.2. The zero-order chi connectivity index (χ0) is 27.0. The first kappa shape index (κ1) is 28.3. The summed E-state index contributed by atoms with van der Waals surface area (Å²) >= 11 is 0. The van der Waals surface area contributed by atoms with Crippen molar-refractivity contribution in [1.29, 1.82) is 0 Å². The van der Waals surface area contributed by atoms with E-state index in [-0.39, 0.29) is 17.6 Å². The molecule has 4 aliphatic carbocycles. The lowest BCUT2D eigenvalue weighted by molar-refractivity contribution is -0.120. The van der Waals surface area contributed by atoms with Gasteiger partial charge in [0.2, 0.25) is 0 Å². The second-order valence-corrected chi connectivity index (χ2v) is 13.3. The van der Waals surface area contributed by atoms with Crippen molar-refractivity contribution in [2.45, 2.75) is 111 Å². The van der Waals surface area contributed by atoms with Crippen LogP contribution in [-0.4, -0.2) is 38.7 Å². The van der Waals surface area contributed by atoms with Gasteiger partial charge in [0.1, 0.15) is 12.2 Å². The van der Waals surface area contributed by atoms with Gasteiger partial charge in [-0.2, -0.15) is 0 Å². The lowest BCUT2D eigenvalue weighted by atomic mass is 9.46. The van der Waals surface area contributed by atoms with Crippen LogP contribution < -0.4 is 0 Å². The summed E-state index contributed by atoms with van der Waals surface area (Å²) in [5.41, 5.74) is 1.39. The minimum absolute atomic E-state index is 0.268. The molecule has 0 aromatic heterocycles. The third-order valence-corrected chi connectivity index (χ3v) is 11.2. The topological polar surface area (TPSA) is 71.1 Å². The van der Waals surface area contributed by atoms with Gasteiger partial charge in [0, 0.05) is 18.3 Å². The van der Waals surface area contributed by atoms with Crippen LogP contribution in [0.3, 0.4) is 0 Å². The molecule has 0 aromatic rings. The molecule has 0 bridgehead atoms. The Balaban J connectivity index is 1.56. The third kappa shape index (κ3) is 5.28. The predicted molar refractivity (Wildman–Crippen MR) is 143 cm³/mol. The van der Waals surface area contributed by atoms with Gasteiger partial charge < -0.3 is 18.9 Å². The second-order valence-electron chi connectivity index (χ2n) is 13.3. The normalized spacial score (nSPS) is 39.5. The smallest absolute Gasteiger partial charge is 0.438 e. The van der Waals surface area contributed by atoms with E-state index in [0.717, 1.165) is 30.6 Å². The van der Waals surface area contributed by atoms with Gasteiger partial charge in [-0.25, -0.2) is 9.59 Å². The van der Waals surface area contributed by atoms with Gasteiger partial charge in [-0.15, -0.1) is 0 Å². The fraction of sp³-hybridized carbons (Fsp3) is 0.871. The van der Waals surface area contributed by atoms with E-state index in [4.69, 9.17) is 18.9 Å². The predicted octanol–water partition coefficient (Wildman–Crippen LogP) is 7.94. The average molecular weight is 519 g/mol. The van der Waals surface area contributed by atoms with Gasteiger partial charge in [0.25, 0.3) is 0 Å². The van der Waals surface area contributed by atoms with Crippen molar-refractivity contribution in [3.8, 4) is 0 Å². The van der Waals surface area contributed by atoms with Crippen LogP contribution in [0.5, 0.6) is 0 Å². The lowest BCUT2D eigenvalue weighted by Crippen LogP contribution is -2.57. The standard InChI is InChI=1S/C31H50O6/c1-19(2)9-8-10-20(3)24-13-14-25-23-12-11-21-17-22(36-28(32)34-6)18-27(37-29(33)35-7)31(21,5)26(23)15-16-30(24,25)4/h11,19-20,22-27H,8-10,12-18H2,1-7H3/t20-,22-,23+,24-,25+,26+,27+,30-,31+/m1/s1. The molecule has 0 unspecified atom stereocenters. The number of ether oxygens (including phenoxy) is 4. The molecule has 0 aromatic carbocycles. The Morgan fingerprint density at radius 2 is 1.68 bits per heavy atom. The number of rotatable bonds is 7. The second kappa shape index (κ2) is 11.2. The number of allylic oxidation sites excluding steroid dienone is 1. The lowest BCUT2D eigenvalue weighted by Gasteiger charge is -2.59. The summed E-state index contributed by atoms with van der Waals surface area (Å²) in [5, 5.41) is 0. The summed E-state index contributed by atoms with van der Waals surface area (Å²) in [6, 6.07) is 0. The van der Waals surface area contributed by atoms with Crippen molar-refractivity contribution in [1.82, 2.24) is 0 Å². The highest BCUT2D eigenvalue weighted by atomic mass is 16.7. The molecule has 37 heavy (non-hydrogen) atoms. The fourth-order valence-corrected chi connectivity index (χ4v) is 9.29. The summed E-state index contributed by atoms with van der Waals surface area (Å²) in [6.45, 7) is 12.1. The molecule has 3 fully saturated rings. The van der Waals surface area contributed by atoms with E-state index < -0.39 is 12.3 Å².